The molecule has 2 N–H and O–H groups in total. The van der Waals surface area contributed by atoms with Crippen LogP contribution in [-0.2, 0) is 0 Å². The molecule has 2 atom stereocenters. The molecule has 100 valence electrons. The van der Waals surface area contributed by atoms with Crippen molar-refractivity contribution in [3.8, 4) is 5.75 Å². The van der Waals surface area contributed by atoms with E-state index in [1.807, 2.05) is 12.1 Å². The van der Waals surface area contributed by atoms with E-state index < -0.39 is 0 Å². The quantitative estimate of drug-likeness (QED) is 0.890. The lowest BCUT2D eigenvalue weighted by atomic mass is 9.90. The van der Waals surface area contributed by atoms with Crippen LogP contribution in [0.2, 0.25) is 0 Å². The molecule has 2 unspecified atom stereocenters. The first-order valence-electron chi connectivity index (χ1n) is 6.87. The first-order valence-corrected chi connectivity index (χ1v) is 6.87. The molecule has 2 rings (SSSR count). The second-order valence-electron chi connectivity index (χ2n) is 5.26. The van der Waals surface area contributed by atoms with Crippen molar-refractivity contribution in [1.82, 2.24) is 0 Å². The second kappa shape index (κ2) is 6.10. The Kier molecular flexibility index (Phi) is 4.48. The molecule has 1 fully saturated rings. The topological polar surface area (TPSA) is 38.5 Å². The fraction of sp³-hybridized carbons (Fsp3) is 0.600. The van der Waals surface area contributed by atoms with Crippen LogP contribution < -0.4 is 15.4 Å². The van der Waals surface area contributed by atoms with E-state index in [4.69, 9.17) is 10.5 Å². The van der Waals surface area contributed by atoms with Gasteiger partial charge < -0.3 is 15.4 Å². The van der Waals surface area contributed by atoms with E-state index in [0.717, 1.165) is 31.2 Å². The maximum atomic E-state index is 6.18. The molecule has 0 saturated carbocycles. The van der Waals surface area contributed by atoms with Gasteiger partial charge in [-0.15, -0.1) is 0 Å². The van der Waals surface area contributed by atoms with Gasteiger partial charge in [0.2, 0.25) is 0 Å². The van der Waals surface area contributed by atoms with Crippen LogP contribution in [0.5, 0.6) is 5.75 Å². The number of rotatable bonds is 4. The third kappa shape index (κ3) is 3.16. The Bertz CT molecular complexity index is 381. The standard InChI is InChI=1S/C15H24N2O/c1-3-5-12-8-13(16)11-17(10-12)14-6-4-7-15(9-14)18-2/h4,6-7,9,12-13H,3,5,8,10-11,16H2,1-2H3. The predicted molar refractivity (Wildman–Crippen MR) is 76.2 cm³/mol. The Morgan fingerprint density at radius 1 is 1.39 bits per heavy atom. The van der Waals surface area contributed by atoms with E-state index in [0.29, 0.717) is 6.04 Å². The van der Waals surface area contributed by atoms with Gasteiger partial charge >= 0.3 is 0 Å². The largest absolute Gasteiger partial charge is 0.497 e. The fourth-order valence-electron chi connectivity index (χ4n) is 2.88. The Morgan fingerprint density at radius 2 is 2.22 bits per heavy atom. The van der Waals surface area contributed by atoms with Crippen molar-refractivity contribution >= 4 is 5.69 Å². The van der Waals surface area contributed by atoms with Crippen molar-refractivity contribution in [2.75, 3.05) is 25.1 Å². The maximum Gasteiger partial charge on any atom is 0.120 e. The number of piperidine rings is 1. The van der Waals surface area contributed by atoms with E-state index in [1.54, 1.807) is 7.11 Å². The Hall–Kier alpha value is -1.22. The number of hydrogen-bond donors (Lipinski definition) is 1. The Labute approximate surface area is 110 Å². The molecule has 0 bridgehead atoms. The van der Waals surface area contributed by atoms with Gasteiger partial charge in [0.15, 0.2) is 0 Å². The van der Waals surface area contributed by atoms with E-state index in [-0.39, 0.29) is 0 Å². The van der Waals surface area contributed by atoms with Crippen LogP contribution in [0, 0.1) is 5.92 Å². The van der Waals surface area contributed by atoms with Crippen LogP contribution in [-0.4, -0.2) is 26.2 Å². The van der Waals surface area contributed by atoms with E-state index in [1.165, 1.54) is 18.5 Å². The van der Waals surface area contributed by atoms with Crippen molar-refractivity contribution in [2.45, 2.75) is 32.2 Å². The first-order chi connectivity index (χ1) is 8.72. The number of hydrogen-bond acceptors (Lipinski definition) is 3. The van der Waals surface area contributed by atoms with Gasteiger partial charge in [0.25, 0.3) is 0 Å². The molecule has 1 aromatic rings. The van der Waals surface area contributed by atoms with Crippen molar-refractivity contribution < 1.29 is 4.74 Å². The molecule has 3 heteroatoms. The molecule has 1 heterocycles. The molecular formula is C15H24N2O. The molecule has 0 aromatic heterocycles. The highest BCUT2D eigenvalue weighted by Crippen LogP contribution is 2.27. The smallest absolute Gasteiger partial charge is 0.120 e. The van der Waals surface area contributed by atoms with Gasteiger partial charge in [0.1, 0.15) is 5.75 Å². The van der Waals surface area contributed by atoms with Gasteiger partial charge in [0.05, 0.1) is 7.11 Å². The molecule has 3 nitrogen and oxygen atoms in total. The van der Waals surface area contributed by atoms with Crippen LogP contribution in [0.3, 0.4) is 0 Å². The van der Waals surface area contributed by atoms with Crippen LogP contribution in [0.15, 0.2) is 24.3 Å². The average molecular weight is 248 g/mol. The van der Waals surface area contributed by atoms with Gasteiger partial charge in [-0.05, 0) is 30.9 Å². The minimum Gasteiger partial charge on any atom is -0.497 e. The van der Waals surface area contributed by atoms with Crippen LogP contribution >= 0.6 is 0 Å². The van der Waals surface area contributed by atoms with Crippen molar-refractivity contribution in [2.24, 2.45) is 11.7 Å². The van der Waals surface area contributed by atoms with E-state index in [2.05, 4.69) is 24.0 Å². The summed E-state index contributed by atoms with van der Waals surface area (Å²) in [7, 11) is 1.71. The predicted octanol–water partition coefficient (Wildman–Crippen LogP) is 2.65. The SMILES string of the molecule is CCCC1CC(N)CN(c2cccc(OC)c2)C1. The summed E-state index contributed by atoms with van der Waals surface area (Å²) in [5.41, 5.74) is 7.41. The summed E-state index contributed by atoms with van der Waals surface area (Å²) in [6.07, 6.45) is 3.67. The molecular weight excluding hydrogens is 224 g/mol. The van der Waals surface area contributed by atoms with Gasteiger partial charge in [-0.25, -0.2) is 0 Å². The number of nitrogens with zero attached hydrogens (tertiary/aromatic N) is 1. The fourth-order valence-corrected chi connectivity index (χ4v) is 2.88. The highest BCUT2D eigenvalue weighted by molar-refractivity contribution is 5.51. The number of nitrogens with two attached hydrogens (primary N) is 1. The summed E-state index contributed by atoms with van der Waals surface area (Å²) < 4.78 is 5.29. The molecule has 1 aromatic carbocycles. The lowest BCUT2D eigenvalue weighted by Crippen LogP contribution is -2.47. The summed E-state index contributed by atoms with van der Waals surface area (Å²) in [6.45, 7) is 4.32. The van der Waals surface area contributed by atoms with Gasteiger partial charge in [-0.3, -0.25) is 0 Å². The zero-order valence-corrected chi connectivity index (χ0v) is 11.4. The van der Waals surface area contributed by atoms with Crippen LogP contribution in [0.1, 0.15) is 26.2 Å². The molecule has 0 spiro atoms. The molecule has 1 aliphatic heterocycles. The summed E-state index contributed by atoms with van der Waals surface area (Å²) >= 11 is 0. The first kappa shape index (κ1) is 13.2. The average Bonchev–Trinajstić information content (AvgIpc) is 2.38. The van der Waals surface area contributed by atoms with Gasteiger partial charge in [-0.2, -0.15) is 0 Å². The summed E-state index contributed by atoms with van der Waals surface area (Å²) in [5, 5.41) is 0. The van der Waals surface area contributed by atoms with Gasteiger partial charge in [-0.1, -0.05) is 19.4 Å². The summed E-state index contributed by atoms with van der Waals surface area (Å²) in [4.78, 5) is 2.40. The van der Waals surface area contributed by atoms with Crippen LogP contribution in [0.25, 0.3) is 0 Å². The van der Waals surface area contributed by atoms with Gasteiger partial charge in [0, 0.05) is 30.9 Å². The highest BCUT2D eigenvalue weighted by Gasteiger charge is 2.24. The summed E-state index contributed by atoms with van der Waals surface area (Å²) in [5.74, 6) is 1.64. The normalized spacial score (nSPS) is 24.1. The third-order valence-corrected chi connectivity index (χ3v) is 3.68. The number of anilines is 1. The van der Waals surface area contributed by atoms with Crippen molar-refractivity contribution in [1.29, 1.82) is 0 Å². The third-order valence-electron chi connectivity index (χ3n) is 3.68. The van der Waals surface area contributed by atoms with E-state index in [9.17, 15) is 0 Å². The van der Waals surface area contributed by atoms with Crippen molar-refractivity contribution in [3.63, 3.8) is 0 Å². The number of benzene rings is 1. The molecule has 1 aliphatic rings. The van der Waals surface area contributed by atoms with Crippen LogP contribution in [0.4, 0.5) is 5.69 Å². The number of ether oxygens (including phenoxy) is 1. The molecule has 18 heavy (non-hydrogen) atoms. The molecule has 0 amide bonds. The Morgan fingerprint density at radius 3 is 2.94 bits per heavy atom. The molecule has 1 saturated heterocycles. The van der Waals surface area contributed by atoms with Crippen molar-refractivity contribution in [3.05, 3.63) is 24.3 Å². The number of methoxy groups -OCH3 is 1. The minimum atomic E-state index is 0.293. The zero-order chi connectivity index (χ0) is 13.0. The molecule has 0 radical (unpaired) electrons. The van der Waals surface area contributed by atoms with E-state index >= 15 is 0 Å². The summed E-state index contributed by atoms with van der Waals surface area (Å²) in [6, 6.07) is 8.56. The highest BCUT2D eigenvalue weighted by atomic mass is 16.5. The lowest BCUT2D eigenvalue weighted by Gasteiger charge is -2.38. The zero-order valence-electron chi connectivity index (χ0n) is 11.4. The maximum absolute atomic E-state index is 6.18. The molecule has 0 aliphatic carbocycles. The minimum absolute atomic E-state index is 0.293. The lowest BCUT2D eigenvalue weighted by molar-refractivity contribution is 0.354. The Balaban J connectivity index is 2.10. The second-order valence-corrected chi connectivity index (χ2v) is 5.26. The monoisotopic (exact) mass is 248 g/mol.